The molecule has 0 radical (unpaired) electrons. The fraction of sp³-hybridized carbons (Fsp3) is 0.167. The summed E-state index contributed by atoms with van der Waals surface area (Å²) < 4.78 is 0. The van der Waals surface area contributed by atoms with Crippen LogP contribution in [0.3, 0.4) is 0 Å². The van der Waals surface area contributed by atoms with Crippen LogP contribution in [0.1, 0.15) is 44.7 Å². The van der Waals surface area contributed by atoms with Gasteiger partial charge in [-0.25, -0.2) is 0 Å². The van der Waals surface area contributed by atoms with Gasteiger partial charge in [0.1, 0.15) is 11.5 Å². The summed E-state index contributed by atoms with van der Waals surface area (Å²) in [4.78, 5) is 25.1. The second-order valence-corrected chi connectivity index (χ2v) is 6.70. The molecule has 4 nitrogen and oxygen atoms in total. The zero-order valence-corrected chi connectivity index (χ0v) is 15.5. The van der Waals surface area contributed by atoms with E-state index in [2.05, 4.69) is 0 Å². The van der Waals surface area contributed by atoms with Crippen molar-refractivity contribution in [1.82, 2.24) is 0 Å². The van der Waals surface area contributed by atoms with E-state index in [1.165, 1.54) is 6.07 Å². The van der Waals surface area contributed by atoms with Crippen molar-refractivity contribution in [3.05, 3.63) is 95.1 Å². The number of ketones is 2. The zero-order valence-electron chi connectivity index (χ0n) is 15.5. The van der Waals surface area contributed by atoms with Crippen LogP contribution in [0.15, 0.2) is 72.8 Å². The number of aryl methyl sites for hydroxylation is 2. The molecule has 28 heavy (non-hydrogen) atoms. The van der Waals surface area contributed by atoms with E-state index in [1.807, 2.05) is 60.7 Å². The Labute approximate surface area is 164 Å². The molecule has 0 aliphatic rings. The third-order valence-corrected chi connectivity index (χ3v) is 4.68. The number of carbonyl (C=O) groups is 2. The average Bonchev–Trinajstić information content (AvgIpc) is 2.72. The molecule has 0 fully saturated rings. The average molecular weight is 374 g/mol. The van der Waals surface area contributed by atoms with Gasteiger partial charge in [-0.05, 0) is 30.0 Å². The third-order valence-electron chi connectivity index (χ3n) is 4.68. The van der Waals surface area contributed by atoms with E-state index in [0.29, 0.717) is 12.8 Å². The molecule has 0 heterocycles. The largest absolute Gasteiger partial charge is 0.507 e. The Balaban J connectivity index is 1.72. The van der Waals surface area contributed by atoms with Gasteiger partial charge in [0, 0.05) is 18.9 Å². The van der Waals surface area contributed by atoms with Gasteiger partial charge >= 0.3 is 0 Å². The predicted octanol–water partition coefficient (Wildman–Crippen LogP) is 4.73. The van der Waals surface area contributed by atoms with Crippen molar-refractivity contribution >= 4 is 11.6 Å². The number of rotatable bonds is 8. The molecule has 0 unspecified atom stereocenters. The molecule has 0 aliphatic heterocycles. The van der Waals surface area contributed by atoms with E-state index in [1.54, 1.807) is 0 Å². The van der Waals surface area contributed by atoms with Gasteiger partial charge in [0.05, 0.1) is 11.1 Å². The fourth-order valence-corrected chi connectivity index (χ4v) is 3.10. The molecule has 0 aromatic heterocycles. The second kappa shape index (κ2) is 9.00. The van der Waals surface area contributed by atoms with Gasteiger partial charge in [0.2, 0.25) is 0 Å². The summed E-state index contributed by atoms with van der Waals surface area (Å²) in [5, 5.41) is 20.2. The molecule has 142 valence electrons. The number of phenols is 2. The highest BCUT2D eigenvalue weighted by Gasteiger charge is 2.19. The van der Waals surface area contributed by atoms with Crippen molar-refractivity contribution < 1.29 is 19.8 Å². The molecule has 3 rings (SSSR count). The van der Waals surface area contributed by atoms with Crippen LogP contribution < -0.4 is 0 Å². The van der Waals surface area contributed by atoms with Crippen LogP contribution in [-0.4, -0.2) is 21.8 Å². The first-order valence-electron chi connectivity index (χ1n) is 9.25. The van der Waals surface area contributed by atoms with Gasteiger partial charge < -0.3 is 10.2 Å². The van der Waals surface area contributed by atoms with Crippen LogP contribution in [0.5, 0.6) is 11.5 Å². The number of phenolic OH excluding ortho intramolecular Hbond substituents is 2. The number of aromatic hydroxyl groups is 2. The summed E-state index contributed by atoms with van der Waals surface area (Å²) in [6.07, 6.45) is 1.49. The Morgan fingerprint density at radius 3 is 1.39 bits per heavy atom. The van der Waals surface area contributed by atoms with Crippen molar-refractivity contribution in [2.45, 2.75) is 25.7 Å². The minimum Gasteiger partial charge on any atom is -0.507 e. The molecule has 2 N–H and O–H groups in total. The van der Waals surface area contributed by atoms with E-state index < -0.39 is 0 Å². The molecule has 0 saturated heterocycles. The van der Waals surface area contributed by atoms with Crippen molar-refractivity contribution in [1.29, 1.82) is 0 Å². The van der Waals surface area contributed by atoms with E-state index >= 15 is 0 Å². The minimum atomic E-state index is -0.310. The van der Waals surface area contributed by atoms with Gasteiger partial charge in [-0.2, -0.15) is 0 Å². The first-order valence-corrected chi connectivity index (χ1v) is 9.25. The number of Topliss-reactive ketones (excluding diaryl/α,β-unsaturated/α-hetero) is 2. The van der Waals surface area contributed by atoms with Crippen LogP contribution in [-0.2, 0) is 12.8 Å². The Kier molecular flexibility index (Phi) is 6.22. The Morgan fingerprint density at radius 1 is 0.607 bits per heavy atom. The maximum absolute atomic E-state index is 12.6. The smallest absolute Gasteiger partial charge is 0.166 e. The summed E-state index contributed by atoms with van der Waals surface area (Å²) >= 11 is 0. The van der Waals surface area contributed by atoms with Crippen LogP contribution in [0.25, 0.3) is 0 Å². The third kappa shape index (κ3) is 4.86. The first-order chi connectivity index (χ1) is 13.5. The highest BCUT2D eigenvalue weighted by atomic mass is 16.3. The Bertz CT molecular complexity index is 886. The summed E-state index contributed by atoms with van der Waals surface area (Å²) in [5.74, 6) is -1.15. The Morgan fingerprint density at radius 2 is 1.00 bits per heavy atom. The quantitative estimate of drug-likeness (QED) is 0.559. The van der Waals surface area contributed by atoms with E-state index in [9.17, 15) is 19.8 Å². The standard InChI is InChI=1S/C24H22O4/c25-21(13-11-17-7-3-1-4-8-17)19-15-20(24(28)16-23(19)27)22(26)14-12-18-9-5-2-6-10-18/h1-10,15-16,27-28H,11-14H2. The Hall–Kier alpha value is -3.40. The van der Waals surface area contributed by atoms with Crippen LogP contribution in [0.2, 0.25) is 0 Å². The number of hydrogen-bond acceptors (Lipinski definition) is 4. The highest BCUT2D eigenvalue weighted by molar-refractivity contribution is 6.04. The molecule has 0 spiro atoms. The van der Waals surface area contributed by atoms with Gasteiger partial charge in [-0.15, -0.1) is 0 Å². The van der Waals surface area contributed by atoms with Crippen molar-refractivity contribution in [3.63, 3.8) is 0 Å². The van der Waals surface area contributed by atoms with Crippen LogP contribution in [0, 0.1) is 0 Å². The minimum absolute atomic E-state index is 0.0665. The van der Waals surface area contributed by atoms with Crippen molar-refractivity contribution in [2.75, 3.05) is 0 Å². The first kappa shape index (κ1) is 19.4. The molecule has 3 aromatic carbocycles. The second-order valence-electron chi connectivity index (χ2n) is 6.70. The topological polar surface area (TPSA) is 74.6 Å². The summed E-state index contributed by atoms with van der Waals surface area (Å²) in [5.41, 5.74) is 2.18. The highest BCUT2D eigenvalue weighted by Crippen LogP contribution is 2.30. The molecule has 0 saturated carbocycles. The number of benzene rings is 3. The summed E-state index contributed by atoms with van der Waals surface area (Å²) in [7, 11) is 0. The summed E-state index contributed by atoms with van der Waals surface area (Å²) in [6.45, 7) is 0. The van der Waals surface area contributed by atoms with Gasteiger partial charge in [-0.3, -0.25) is 9.59 Å². The van der Waals surface area contributed by atoms with Gasteiger partial charge in [-0.1, -0.05) is 60.7 Å². The lowest BCUT2D eigenvalue weighted by molar-refractivity contribution is 0.0980. The lowest BCUT2D eigenvalue weighted by Gasteiger charge is -2.09. The molecular formula is C24H22O4. The monoisotopic (exact) mass is 374 g/mol. The summed E-state index contributed by atoms with van der Waals surface area (Å²) in [6, 6.07) is 21.5. The predicted molar refractivity (Wildman–Crippen MR) is 108 cm³/mol. The molecular weight excluding hydrogens is 352 g/mol. The lowest BCUT2D eigenvalue weighted by atomic mass is 9.96. The molecule has 3 aromatic rings. The maximum atomic E-state index is 12.6. The van der Waals surface area contributed by atoms with Crippen LogP contribution in [0.4, 0.5) is 0 Å². The molecule has 0 atom stereocenters. The van der Waals surface area contributed by atoms with Crippen molar-refractivity contribution in [3.8, 4) is 11.5 Å². The van der Waals surface area contributed by atoms with E-state index in [-0.39, 0.29) is 47.0 Å². The number of carbonyl (C=O) groups excluding carboxylic acids is 2. The fourth-order valence-electron chi connectivity index (χ4n) is 3.10. The van der Waals surface area contributed by atoms with E-state index in [0.717, 1.165) is 17.2 Å². The normalized spacial score (nSPS) is 10.6. The molecule has 0 bridgehead atoms. The molecule has 4 heteroatoms. The maximum Gasteiger partial charge on any atom is 0.166 e. The zero-order chi connectivity index (χ0) is 19.9. The van der Waals surface area contributed by atoms with E-state index in [4.69, 9.17) is 0 Å². The number of hydrogen-bond donors (Lipinski definition) is 2. The van der Waals surface area contributed by atoms with Crippen molar-refractivity contribution in [2.24, 2.45) is 0 Å². The lowest BCUT2D eigenvalue weighted by Crippen LogP contribution is -2.07. The van der Waals surface area contributed by atoms with Crippen LogP contribution >= 0.6 is 0 Å². The molecule has 0 amide bonds. The van der Waals surface area contributed by atoms with Gasteiger partial charge in [0.15, 0.2) is 11.6 Å². The van der Waals surface area contributed by atoms with Gasteiger partial charge in [0.25, 0.3) is 0 Å². The SMILES string of the molecule is O=C(CCc1ccccc1)c1cc(C(=O)CCc2ccccc2)c(O)cc1O. The molecule has 0 aliphatic carbocycles.